The van der Waals surface area contributed by atoms with Gasteiger partial charge in [-0.2, -0.15) is 0 Å². The van der Waals surface area contributed by atoms with Crippen molar-refractivity contribution in [2.45, 2.75) is 18.9 Å². The van der Waals surface area contributed by atoms with Crippen LogP contribution >= 0.6 is 34.5 Å². The fraction of sp³-hybridized carbons (Fsp3) is 0.250. The molecule has 0 radical (unpaired) electrons. The second-order valence-corrected chi connectivity index (χ2v) is 9.35. The Balaban J connectivity index is 1.43. The van der Waals surface area contributed by atoms with E-state index in [2.05, 4.69) is 4.98 Å². The molecule has 1 amide bonds. The van der Waals surface area contributed by atoms with Crippen LogP contribution in [0.15, 0.2) is 53.9 Å². The molecule has 0 saturated carbocycles. The SMILES string of the molecule is O=C(O[C@@H](CCCl)C(=O)c1ccc(F)cc1)[C@@H]1CC(=O)N(c2nc(-c3ccc(Cl)cc3)cs2)C1. The molecule has 2 atom stereocenters. The molecule has 1 aliphatic rings. The van der Waals surface area contributed by atoms with E-state index in [0.717, 1.165) is 17.7 Å². The number of thiazole rings is 1. The molecule has 0 aliphatic carbocycles. The smallest absolute Gasteiger partial charge is 0.312 e. The molecule has 1 aliphatic heterocycles. The highest BCUT2D eigenvalue weighted by Gasteiger charge is 2.39. The molecule has 1 saturated heterocycles. The number of alkyl halides is 1. The van der Waals surface area contributed by atoms with Crippen molar-refractivity contribution >= 4 is 57.3 Å². The minimum Gasteiger partial charge on any atom is -0.454 e. The standard InChI is InChI=1S/C24H19Cl2FN2O4S/c25-10-9-20(22(31)15-3-7-18(27)8-4-15)33-23(32)16-11-21(30)29(12-16)24-28-19(13-34-24)14-1-5-17(26)6-2-14/h1-8,13,16,20H,9-12H2/t16-,20+/m1/s1. The van der Waals surface area contributed by atoms with Gasteiger partial charge in [0.2, 0.25) is 11.7 Å². The zero-order valence-corrected chi connectivity index (χ0v) is 20.1. The molecule has 1 aromatic heterocycles. The fourth-order valence-electron chi connectivity index (χ4n) is 3.57. The van der Waals surface area contributed by atoms with Crippen molar-refractivity contribution < 1.29 is 23.5 Å². The van der Waals surface area contributed by atoms with E-state index in [9.17, 15) is 18.8 Å². The van der Waals surface area contributed by atoms with Crippen molar-refractivity contribution in [3.05, 3.63) is 70.3 Å². The van der Waals surface area contributed by atoms with E-state index in [-0.39, 0.29) is 36.7 Å². The molecule has 0 spiro atoms. The second kappa shape index (κ2) is 10.6. The lowest BCUT2D eigenvalue weighted by atomic mass is 10.0. The monoisotopic (exact) mass is 520 g/mol. The largest absolute Gasteiger partial charge is 0.454 e. The Labute approximate surface area is 209 Å². The molecular weight excluding hydrogens is 502 g/mol. The lowest BCUT2D eigenvalue weighted by molar-refractivity contribution is -0.151. The van der Waals surface area contributed by atoms with Crippen LogP contribution < -0.4 is 4.90 Å². The Morgan fingerprint density at radius 1 is 1.18 bits per heavy atom. The summed E-state index contributed by atoms with van der Waals surface area (Å²) in [6.07, 6.45) is -1.06. The number of ketones is 1. The number of Topliss-reactive ketones (excluding diaryl/α,β-unsaturated/α-hetero) is 1. The van der Waals surface area contributed by atoms with E-state index < -0.39 is 29.6 Å². The maximum Gasteiger partial charge on any atom is 0.312 e. The van der Waals surface area contributed by atoms with Gasteiger partial charge in [0.15, 0.2) is 11.2 Å². The third-order valence-electron chi connectivity index (χ3n) is 5.37. The van der Waals surface area contributed by atoms with Gasteiger partial charge in [-0.1, -0.05) is 23.7 Å². The average Bonchev–Trinajstić information content (AvgIpc) is 3.46. The predicted octanol–water partition coefficient (Wildman–Crippen LogP) is 5.38. The number of esters is 1. The van der Waals surface area contributed by atoms with Crippen LogP contribution in [0.3, 0.4) is 0 Å². The summed E-state index contributed by atoms with van der Waals surface area (Å²) in [5, 5.41) is 2.92. The summed E-state index contributed by atoms with van der Waals surface area (Å²) in [5.74, 6) is -2.51. The number of anilines is 1. The number of rotatable bonds is 8. The highest BCUT2D eigenvalue weighted by molar-refractivity contribution is 7.14. The lowest BCUT2D eigenvalue weighted by Gasteiger charge is -2.18. The van der Waals surface area contributed by atoms with E-state index in [1.807, 2.05) is 17.5 Å². The Bertz CT molecular complexity index is 1200. The van der Waals surface area contributed by atoms with Crippen molar-refractivity contribution in [1.82, 2.24) is 4.98 Å². The molecule has 2 aromatic carbocycles. The Morgan fingerprint density at radius 2 is 1.88 bits per heavy atom. The predicted molar refractivity (Wildman–Crippen MR) is 129 cm³/mol. The second-order valence-electron chi connectivity index (χ2n) is 7.70. The number of amides is 1. The molecule has 1 fully saturated rings. The van der Waals surface area contributed by atoms with Gasteiger partial charge in [-0.3, -0.25) is 19.3 Å². The first-order valence-electron chi connectivity index (χ1n) is 10.4. The van der Waals surface area contributed by atoms with E-state index in [1.165, 1.54) is 28.4 Å². The number of hydrogen-bond donors (Lipinski definition) is 0. The van der Waals surface area contributed by atoms with Crippen molar-refractivity contribution in [3.63, 3.8) is 0 Å². The summed E-state index contributed by atoms with van der Waals surface area (Å²) in [4.78, 5) is 44.2. The Kier molecular flexibility index (Phi) is 7.60. The van der Waals surface area contributed by atoms with Crippen LogP contribution in [0.4, 0.5) is 9.52 Å². The number of aromatic nitrogens is 1. The van der Waals surface area contributed by atoms with Gasteiger partial charge < -0.3 is 4.74 Å². The van der Waals surface area contributed by atoms with E-state index in [1.54, 1.807) is 12.1 Å². The molecule has 6 nitrogen and oxygen atoms in total. The number of hydrogen-bond acceptors (Lipinski definition) is 6. The summed E-state index contributed by atoms with van der Waals surface area (Å²) in [7, 11) is 0. The van der Waals surface area contributed by atoms with Crippen molar-refractivity contribution in [3.8, 4) is 11.3 Å². The van der Waals surface area contributed by atoms with Crippen LogP contribution in [-0.4, -0.2) is 41.2 Å². The van der Waals surface area contributed by atoms with E-state index in [0.29, 0.717) is 15.8 Å². The van der Waals surface area contributed by atoms with Crippen LogP contribution in [-0.2, 0) is 14.3 Å². The minimum absolute atomic E-state index is 0.0486. The van der Waals surface area contributed by atoms with Crippen molar-refractivity contribution in [2.24, 2.45) is 5.92 Å². The van der Waals surface area contributed by atoms with Crippen LogP contribution in [0.25, 0.3) is 11.3 Å². The van der Waals surface area contributed by atoms with Gasteiger partial charge in [-0.15, -0.1) is 22.9 Å². The third kappa shape index (κ3) is 5.46. The average molecular weight is 521 g/mol. The number of benzene rings is 2. The normalized spacial score (nSPS) is 16.5. The van der Waals surface area contributed by atoms with Gasteiger partial charge in [0.05, 0.1) is 11.6 Å². The van der Waals surface area contributed by atoms with Crippen molar-refractivity contribution in [2.75, 3.05) is 17.3 Å². The first kappa shape index (κ1) is 24.3. The maximum atomic E-state index is 13.2. The summed E-state index contributed by atoms with van der Waals surface area (Å²) in [6, 6.07) is 12.2. The molecule has 0 unspecified atom stereocenters. The molecule has 176 valence electrons. The molecule has 34 heavy (non-hydrogen) atoms. The Hall–Kier alpha value is -2.81. The first-order valence-corrected chi connectivity index (χ1v) is 12.2. The first-order chi connectivity index (χ1) is 16.4. The van der Waals surface area contributed by atoms with Gasteiger partial charge in [0, 0.05) is 46.8 Å². The number of carbonyl (C=O) groups excluding carboxylic acids is 3. The van der Waals surface area contributed by atoms with Gasteiger partial charge >= 0.3 is 5.97 Å². The van der Waals surface area contributed by atoms with Crippen LogP contribution in [0.1, 0.15) is 23.2 Å². The topological polar surface area (TPSA) is 76.6 Å². The van der Waals surface area contributed by atoms with Crippen LogP contribution in [0, 0.1) is 11.7 Å². The summed E-state index contributed by atoms with van der Waals surface area (Å²) in [5.41, 5.74) is 1.77. The van der Waals surface area contributed by atoms with E-state index in [4.69, 9.17) is 27.9 Å². The minimum atomic E-state index is -1.11. The van der Waals surface area contributed by atoms with Gasteiger partial charge in [-0.05, 0) is 36.4 Å². The van der Waals surface area contributed by atoms with Crippen molar-refractivity contribution in [1.29, 1.82) is 0 Å². The van der Waals surface area contributed by atoms with Gasteiger partial charge in [0.25, 0.3) is 0 Å². The third-order valence-corrected chi connectivity index (χ3v) is 6.71. The molecule has 2 heterocycles. The summed E-state index contributed by atoms with van der Waals surface area (Å²) in [6.45, 7) is 0.101. The maximum absolute atomic E-state index is 13.2. The molecular formula is C24H19Cl2FN2O4S. The Morgan fingerprint density at radius 3 is 2.56 bits per heavy atom. The molecule has 4 rings (SSSR count). The molecule has 0 N–H and O–H groups in total. The number of ether oxygens (including phenoxy) is 1. The van der Waals surface area contributed by atoms with Gasteiger partial charge in [0.1, 0.15) is 5.82 Å². The molecule has 10 heteroatoms. The van der Waals surface area contributed by atoms with Crippen LogP contribution in [0.2, 0.25) is 5.02 Å². The fourth-order valence-corrected chi connectivity index (χ4v) is 4.76. The number of halogens is 3. The number of carbonyl (C=O) groups is 3. The van der Waals surface area contributed by atoms with E-state index >= 15 is 0 Å². The number of nitrogens with zero attached hydrogens (tertiary/aromatic N) is 2. The zero-order valence-electron chi connectivity index (χ0n) is 17.7. The molecule has 3 aromatic rings. The highest BCUT2D eigenvalue weighted by atomic mass is 35.5. The molecule has 0 bridgehead atoms. The zero-order chi connectivity index (χ0) is 24.2. The highest BCUT2D eigenvalue weighted by Crippen LogP contribution is 2.32. The van der Waals surface area contributed by atoms with Gasteiger partial charge in [-0.25, -0.2) is 9.37 Å². The van der Waals surface area contributed by atoms with Crippen LogP contribution in [0.5, 0.6) is 0 Å². The lowest BCUT2D eigenvalue weighted by Crippen LogP contribution is -2.32. The quantitative estimate of drug-likeness (QED) is 0.226. The summed E-state index contributed by atoms with van der Waals surface area (Å²) >= 11 is 13.0. The summed E-state index contributed by atoms with van der Waals surface area (Å²) < 4.78 is 18.6.